The van der Waals surface area contributed by atoms with E-state index in [9.17, 15) is 33.6 Å². The number of nitrogens with one attached hydrogen (secondary N) is 1. The van der Waals surface area contributed by atoms with Crippen LogP contribution < -0.4 is 5.32 Å². The van der Waals surface area contributed by atoms with Gasteiger partial charge in [-0.15, -0.1) is 0 Å². The molecule has 1 rings (SSSR count). The summed E-state index contributed by atoms with van der Waals surface area (Å²) in [5.41, 5.74) is -2.29. The first-order chi connectivity index (χ1) is 33.6. The van der Waals surface area contributed by atoms with Crippen LogP contribution in [0, 0.1) is 0 Å². The summed E-state index contributed by atoms with van der Waals surface area (Å²) < 4.78 is 38.1. The van der Waals surface area contributed by atoms with Gasteiger partial charge in [0.1, 0.15) is 6.29 Å². The van der Waals surface area contributed by atoms with E-state index >= 15 is 0 Å². The molecule has 0 bridgehead atoms. The van der Waals surface area contributed by atoms with E-state index in [1.165, 1.54) is 25.7 Å². The Bertz CT molecular complexity index is 1250. The van der Waals surface area contributed by atoms with Crippen molar-refractivity contribution in [2.75, 3.05) is 79.5 Å². The van der Waals surface area contributed by atoms with Crippen molar-refractivity contribution < 1.29 is 66.7 Å². The molecule has 1 fully saturated rings. The molecular weight excluding hydrogens is 889 g/mol. The van der Waals surface area contributed by atoms with Gasteiger partial charge in [0.05, 0.1) is 52.3 Å². The fourth-order valence-electron chi connectivity index (χ4n) is 7.39. The van der Waals surface area contributed by atoms with E-state index in [-0.39, 0.29) is 51.4 Å². The van der Waals surface area contributed by atoms with E-state index in [4.69, 9.17) is 33.2 Å². The number of hydrogen-bond acceptors (Lipinski definition) is 16. The Labute approximate surface area is 416 Å². The molecule has 0 radical (unpaired) electrons. The third-order valence-electron chi connectivity index (χ3n) is 11.6. The summed E-state index contributed by atoms with van der Waals surface area (Å²) in [6.45, 7) is 11.0. The minimum atomic E-state index is -2.29. The van der Waals surface area contributed by atoms with Crippen LogP contribution in [0.2, 0.25) is 0 Å². The van der Waals surface area contributed by atoms with Crippen LogP contribution in [0.15, 0.2) is 0 Å². The Balaban J connectivity index is 0.00000462. The van der Waals surface area contributed by atoms with Crippen LogP contribution >= 0.6 is 0 Å². The fraction of sp³-hybridized carbons (Fsp3) is 0.868. The molecule has 1 N–H and O–H groups in total. The standard InChI is InChI=1S/C45H80N2O13.C8H16O/c1-4-6-8-10-15-23-39(48)55-32-18-13-20-34-57-42(51)37-45(44(53)59-36-22-12-17-31-54-3,60-41(50)25-28-47-29-26-46-27-30-47)38-43(52)58-35-21-14-19-33-56-40(49)24-16-11-9-7-5-2;1-2-3-4-5-6-7-8-9/h46H,4-38H2,1-3H3;8H,2-7H2,1H3. The van der Waals surface area contributed by atoms with Gasteiger partial charge in [-0.2, -0.15) is 0 Å². The number of carbonyl (C=O) groups is 7. The lowest BCUT2D eigenvalue weighted by Gasteiger charge is -2.31. The van der Waals surface area contributed by atoms with Crippen molar-refractivity contribution >= 4 is 42.1 Å². The summed E-state index contributed by atoms with van der Waals surface area (Å²) in [6, 6.07) is 0. The van der Waals surface area contributed by atoms with Crippen molar-refractivity contribution in [2.24, 2.45) is 0 Å². The number of ether oxygens (including phenoxy) is 7. The van der Waals surface area contributed by atoms with Gasteiger partial charge in [-0.05, 0) is 77.0 Å². The zero-order chi connectivity index (χ0) is 50.9. The first-order valence-corrected chi connectivity index (χ1v) is 26.9. The highest BCUT2D eigenvalue weighted by Gasteiger charge is 2.49. The number of unbranched alkanes of at least 4 members (excludes halogenated alkanes) is 19. The van der Waals surface area contributed by atoms with E-state index in [0.717, 1.165) is 116 Å². The van der Waals surface area contributed by atoms with Crippen LogP contribution in [0.4, 0.5) is 0 Å². The first kappa shape index (κ1) is 65.4. The predicted molar refractivity (Wildman–Crippen MR) is 266 cm³/mol. The highest BCUT2D eigenvalue weighted by atomic mass is 16.6. The van der Waals surface area contributed by atoms with E-state index in [1.807, 2.05) is 0 Å². The molecular formula is C53H96N2O14. The van der Waals surface area contributed by atoms with Gasteiger partial charge in [-0.25, -0.2) is 4.79 Å². The lowest BCUT2D eigenvalue weighted by atomic mass is 9.94. The SMILES string of the molecule is CCCCCCCC(=O)OCCCCCOC(=O)CC(CC(=O)OCCCCCOC(=O)CCCCCCC)(OC(=O)CCN1CCNCC1)C(=O)OCCCCCOC.CCCCCCCC=O. The van der Waals surface area contributed by atoms with Gasteiger partial charge in [0.15, 0.2) is 0 Å². The van der Waals surface area contributed by atoms with Crippen LogP contribution in [0.1, 0.15) is 213 Å². The van der Waals surface area contributed by atoms with Crippen LogP contribution in [-0.4, -0.2) is 132 Å². The molecule has 69 heavy (non-hydrogen) atoms. The van der Waals surface area contributed by atoms with Crippen LogP contribution in [-0.2, 0) is 66.7 Å². The van der Waals surface area contributed by atoms with Crippen LogP contribution in [0.3, 0.4) is 0 Å². The summed E-state index contributed by atoms with van der Waals surface area (Å²) in [5, 5.41) is 3.26. The van der Waals surface area contributed by atoms with Gasteiger partial charge in [0.2, 0.25) is 5.60 Å². The lowest BCUT2D eigenvalue weighted by Crippen LogP contribution is -2.49. The largest absolute Gasteiger partial charge is 0.466 e. The molecule has 0 unspecified atom stereocenters. The van der Waals surface area contributed by atoms with Crippen LogP contribution in [0.5, 0.6) is 0 Å². The smallest absolute Gasteiger partial charge is 0.351 e. The molecule has 1 aliphatic rings. The van der Waals surface area contributed by atoms with Gasteiger partial charge in [-0.1, -0.05) is 97.8 Å². The Hall–Kier alpha value is -3.63. The van der Waals surface area contributed by atoms with Gasteiger partial charge in [0, 0.05) is 65.7 Å². The number of piperazine rings is 1. The predicted octanol–water partition coefficient (Wildman–Crippen LogP) is 9.48. The van der Waals surface area contributed by atoms with Gasteiger partial charge in [0.25, 0.3) is 0 Å². The molecule has 1 saturated heterocycles. The van der Waals surface area contributed by atoms with Crippen molar-refractivity contribution in [3.05, 3.63) is 0 Å². The number of hydrogen-bond donors (Lipinski definition) is 1. The van der Waals surface area contributed by atoms with Crippen molar-refractivity contribution in [1.29, 1.82) is 0 Å². The summed E-state index contributed by atoms with van der Waals surface area (Å²) >= 11 is 0. The van der Waals surface area contributed by atoms with Gasteiger partial charge < -0.3 is 48.2 Å². The Morgan fingerprint density at radius 3 is 1.29 bits per heavy atom. The Morgan fingerprint density at radius 2 is 0.855 bits per heavy atom. The normalized spacial score (nSPS) is 12.6. The Morgan fingerprint density at radius 1 is 0.464 bits per heavy atom. The van der Waals surface area contributed by atoms with Crippen molar-refractivity contribution in [1.82, 2.24) is 10.2 Å². The maximum absolute atomic E-state index is 13.9. The highest BCUT2D eigenvalue weighted by molar-refractivity contribution is 5.92. The molecule has 0 aromatic carbocycles. The van der Waals surface area contributed by atoms with Crippen molar-refractivity contribution in [2.45, 2.75) is 219 Å². The highest BCUT2D eigenvalue weighted by Crippen LogP contribution is 2.27. The molecule has 0 saturated carbocycles. The first-order valence-electron chi connectivity index (χ1n) is 26.9. The number of rotatable bonds is 45. The molecule has 0 spiro atoms. The molecule has 0 amide bonds. The molecule has 1 heterocycles. The summed E-state index contributed by atoms with van der Waals surface area (Å²) in [4.78, 5) is 89.8. The summed E-state index contributed by atoms with van der Waals surface area (Å²) in [7, 11) is 1.60. The van der Waals surface area contributed by atoms with E-state index < -0.39 is 42.3 Å². The number of carbonyl (C=O) groups excluding carboxylic acids is 7. The number of esters is 6. The fourth-order valence-corrected chi connectivity index (χ4v) is 7.39. The molecule has 402 valence electrons. The lowest BCUT2D eigenvalue weighted by molar-refractivity contribution is -0.191. The van der Waals surface area contributed by atoms with Crippen molar-refractivity contribution in [3.63, 3.8) is 0 Å². The zero-order valence-corrected chi connectivity index (χ0v) is 43.7. The molecule has 16 nitrogen and oxygen atoms in total. The average molecular weight is 985 g/mol. The molecule has 16 heteroatoms. The second-order valence-corrected chi connectivity index (χ2v) is 18.1. The summed E-state index contributed by atoms with van der Waals surface area (Å²) in [5.74, 6) is -3.85. The van der Waals surface area contributed by atoms with Crippen LogP contribution in [0.25, 0.3) is 0 Å². The topological polar surface area (TPSA) is 199 Å². The molecule has 0 aliphatic carbocycles. The summed E-state index contributed by atoms with van der Waals surface area (Å²) in [6.07, 6.45) is 23.1. The average Bonchev–Trinajstić information content (AvgIpc) is 3.34. The second-order valence-electron chi connectivity index (χ2n) is 18.1. The molecule has 1 aliphatic heterocycles. The molecule has 0 atom stereocenters. The third-order valence-corrected chi connectivity index (χ3v) is 11.6. The molecule has 0 aromatic heterocycles. The zero-order valence-electron chi connectivity index (χ0n) is 43.7. The van der Waals surface area contributed by atoms with Crippen molar-refractivity contribution in [3.8, 4) is 0 Å². The number of nitrogens with zero attached hydrogens (tertiary/aromatic N) is 1. The maximum Gasteiger partial charge on any atom is 0.351 e. The van der Waals surface area contributed by atoms with Gasteiger partial charge >= 0.3 is 35.8 Å². The van der Waals surface area contributed by atoms with Gasteiger partial charge in [-0.3, -0.25) is 24.0 Å². The number of aldehydes is 1. The molecule has 0 aromatic rings. The maximum atomic E-state index is 13.9. The monoisotopic (exact) mass is 985 g/mol. The van der Waals surface area contributed by atoms with E-state index in [2.05, 4.69) is 31.0 Å². The number of methoxy groups -OCH3 is 1. The minimum Gasteiger partial charge on any atom is -0.466 e. The Kier molecular flexibility index (Phi) is 45.5. The third kappa shape index (κ3) is 40.8. The van der Waals surface area contributed by atoms with E-state index in [0.29, 0.717) is 77.4 Å². The quantitative estimate of drug-likeness (QED) is 0.0262. The minimum absolute atomic E-state index is 0.0143. The second kappa shape index (κ2) is 48.0. The van der Waals surface area contributed by atoms with E-state index in [1.54, 1.807) is 7.11 Å².